The van der Waals surface area contributed by atoms with Gasteiger partial charge in [0.1, 0.15) is 5.69 Å². The molecule has 13 heavy (non-hydrogen) atoms. The number of rotatable bonds is 1. The van der Waals surface area contributed by atoms with Gasteiger partial charge < -0.3 is 9.47 Å². The van der Waals surface area contributed by atoms with E-state index < -0.39 is 0 Å². The Morgan fingerprint density at radius 2 is 2.38 bits per heavy atom. The molecule has 0 radical (unpaired) electrons. The van der Waals surface area contributed by atoms with Crippen molar-refractivity contribution in [2.24, 2.45) is 9.98 Å². The Labute approximate surface area is 75.5 Å². The van der Waals surface area contributed by atoms with E-state index in [9.17, 15) is 0 Å². The summed E-state index contributed by atoms with van der Waals surface area (Å²) in [5.41, 5.74) is 1.50. The van der Waals surface area contributed by atoms with Crippen LogP contribution in [0.2, 0.25) is 0 Å². The average molecular weight is 176 g/mol. The summed E-state index contributed by atoms with van der Waals surface area (Å²) in [7, 11) is 0. The van der Waals surface area contributed by atoms with Gasteiger partial charge in [-0.3, -0.25) is 4.99 Å². The quantitative estimate of drug-likeness (QED) is 0.614. The molecule has 66 valence electrons. The first-order chi connectivity index (χ1) is 6.40. The van der Waals surface area contributed by atoms with Gasteiger partial charge in [0.15, 0.2) is 12.2 Å². The molecule has 0 N–H and O–H groups in total. The van der Waals surface area contributed by atoms with Gasteiger partial charge in [0.05, 0.1) is 5.69 Å². The minimum Gasteiger partial charge on any atom is -0.455 e. The minimum atomic E-state index is 0.178. The molecule has 0 atom stereocenters. The largest absolute Gasteiger partial charge is 0.455 e. The van der Waals surface area contributed by atoms with E-state index in [0.29, 0.717) is 5.75 Å². The molecule has 0 bridgehead atoms. The lowest BCUT2D eigenvalue weighted by Crippen LogP contribution is -1.97. The molecular formula is C9H8N2O2. The Kier molecular flexibility index (Phi) is 1.96. The maximum absolute atomic E-state index is 5.26. The molecule has 4 heteroatoms. The smallest absolute Gasteiger partial charge is 0.232 e. The van der Waals surface area contributed by atoms with Crippen LogP contribution in [0.3, 0.4) is 0 Å². The zero-order valence-corrected chi connectivity index (χ0v) is 6.93. The highest BCUT2D eigenvalue weighted by molar-refractivity contribution is 5.66. The molecular weight excluding hydrogens is 168 g/mol. The normalized spacial score (nSPS) is 13.5. The molecule has 0 amide bonds. The summed E-state index contributed by atoms with van der Waals surface area (Å²) in [5, 5.41) is 0. The van der Waals surface area contributed by atoms with Gasteiger partial charge in [-0.25, -0.2) is 4.99 Å². The molecule has 0 unspecified atom stereocenters. The zero-order chi connectivity index (χ0) is 9.10. The van der Waals surface area contributed by atoms with Gasteiger partial charge in [0.25, 0.3) is 0 Å². The van der Waals surface area contributed by atoms with Crippen molar-refractivity contribution >= 4 is 24.5 Å². The Morgan fingerprint density at radius 3 is 3.23 bits per heavy atom. The van der Waals surface area contributed by atoms with Gasteiger partial charge in [0, 0.05) is 6.07 Å². The van der Waals surface area contributed by atoms with Crippen LogP contribution in [0, 0.1) is 0 Å². The topological polar surface area (TPSA) is 43.2 Å². The maximum atomic E-state index is 5.26. The van der Waals surface area contributed by atoms with Crippen LogP contribution in [0.25, 0.3) is 0 Å². The third kappa shape index (κ3) is 1.51. The van der Waals surface area contributed by atoms with Crippen LogP contribution >= 0.6 is 0 Å². The van der Waals surface area contributed by atoms with Crippen LogP contribution in [0.5, 0.6) is 5.75 Å². The average Bonchev–Trinajstić information content (AvgIpc) is 2.41. The highest BCUT2D eigenvalue weighted by Gasteiger charge is 2.05. The van der Waals surface area contributed by atoms with Crippen LogP contribution < -0.4 is 4.74 Å². The van der Waals surface area contributed by atoms with E-state index in [4.69, 9.17) is 9.47 Å². The van der Waals surface area contributed by atoms with E-state index in [1.807, 2.05) is 12.1 Å². The lowest BCUT2D eigenvalue weighted by atomic mass is 10.2. The molecule has 0 saturated heterocycles. The summed E-state index contributed by atoms with van der Waals surface area (Å²) in [4.78, 5) is 7.81. The second kappa shape index (κ2) is 3.26. The molecule has 1 heterocycles. The summed E-state index contributed by atoms with van der Waals surface area (Å²) in [6.45, 7) is 3.61. The molecule has 1 aromatic carbocycles. The Balaban J connectivity index is 2.45. The number of aliphatic imine (C=N–C) groups is 2. The molecule has 0 aromatic heterocycles. The fourth-order valence-electron chi connectivity index (χ4n) is 1.05. The van der Waals surface area contributed by atoms with Crippen molar-refractivity contribution in [2.45, 2.75) is 0 Å². The van der Waals surface area contributed by atoms with Gasteiger partial charge in [-0.1, -0.05) is 0 Å². The standard InChI is InChI=1S/C9H8N2O2/c1-10-7-2-3-8-9(4-7)13-6-12-5-11-8/h2-5H,1,6H2. The maximum Gasteiger partial charge on any atom is 0.232 e. The van der Waals surface area contributed by atoms with E-state index in [0.717, 1.165) is 11.4 Å². The number of benzene rings is 1. The number of fused-ring (bicyclic) bond motifs is 1. The van der Waals surface area contributed by atoms with E-state index >= 15 is 0 Å². The molecule has 1 aromatic rings. The van der Waals surface area contributed by atoms with Crippen molar-refractivity contribution < 1.29 is 9.47 Å². The van der Waals surface area contributed by atoms with E-state index in [-0.39, 0.29) is 6.79 Å². The van der Waals surface area contributed by atoms with Gasteiger partial charge in [-0.05, 0) is 18.9 Å². The monoisotopic (exact) mass is 176 g/mol. The van der Waals surface area contributed by atoms with Gasteiger partial charge >= 0.3 is 0 Å². The molecule has 0 spiro atoms. The molecule has 0 saturated carbocycles. The number of ether oxygens (including phenoxy) is 2. The zero-order valence-electron chi connectivity index (χ0n) is 6.93. The van der Waals surface area contributed by atoms with Crippen molar-refractivity contribution in [3.8, 4) is 5.75 Å². The van der Waals surface area contributed by atoms with Crippen molar-refractivity contribution in [3.05, 3.63) is 18.2 Å². The van der Waals surface area contributed by atoms with Gasteiger partial charge in [-0.15, -0.1) is 0 Å². The third-order valence-corrected chi connectivity index (χ3v) is 1.67. The summed E-state index contributed by atoms with van der Waals surface area (Å²) >= 11 is 0. The Morgan fingerprint density at radius 1 is 1.46 bits per heavy atom. The summed E-state index contributed by atoms with van der Waals surface area (Å²) in [6.07, 6.45) is 1.37. The Hall–Kier alpha value is -1.84. The van der Waals surface area contributed by atoms with Crippen LogP contribution in [-0.4, -0.2) is 19.9 Å². The highest BCUT2D eigenvalue weighted by Crippen LogP contribution is 2.32. The highest BCUT2D eigenvalue weighted by atomic mass is 16.7. The van der Waals surface area contributed by atoms with Crippen molar-refractivity contribution in [2.75, 3.05) is 6.79 Å². The van der Waals surface area contributed by atoms with Gasteiger partial charge in [0.2, 0.25) is 6.79 Å². The first-order valence-electron chi connectivity index (χ1n) is 3.78. The molecule has 0 fully saturated rings. The van der Waals surface area contributed by atoms with Crippen molar-refractivity contribution in [1.82, 2.24) is 0 Å². The first-order valence-corrected chi connectivity index (χ1v) is 3.78. The van der Waals surface area contributed by atoms with Gasteiger partial charge in [-0.2, -0.15) is 0 Å². The summed E-state index contributed by atoms with van der Waals surface area (Å²) in [6, 6.07) is 5.40. The number of hydrogen-bond donors (Lipinski definition) is 0. The lowest BCUT2D eigenvalue weighted by Gasteiger charge is -2.04. The van der Waals surface area contributed by atoms with Crippen molar-refractivity contribution in [1.29, 1.82) is 0 Å². The van der Waals surface area contributed by atoms with Crippen molar-refractivity contribution in [3.63, 3.8) is 0 Å². The second-order valence-electron chi connectivity index (χ2n) is 2.47. The van der Waals surface area contributed by atoms with E-state index in [1.54, 1.807) is 6.07 Å². The summed E-state index contributed by atoms with van der Waals surface area (Å²) in [5.74, 6) is 0.665. The molecule has 2 rings (SSSR count). The number of hydrogen-bond acceptors (Lipinski definition) is 4. The summed E-state index contributed by atoms with van der Waals surface area (Å²) < 4.78 is 10.1. The lowest BCUT2D eigenvalue weighted by molar-refractivity contribution is 0.121. The molecule has 1 aliphatic rings. The molecule has 4 nitrogen and oxygen atoms in total. The second-order valence-corrected chi connectivity index (χ2v) is 2.47. The van der Waals surface area contributed by atoms with Crippen LogP contribution in [-0.2, 0) is 4.74 Å². The van der Waals surface area contributed by atoms with E-state index in [2.05, 4.69) is 16.7 Å². The van der Waals surface area contributed by atoms with E-state index in [1.165, 1.54) is 6.40 Å². The van der Waals surface area contributed by atoms with Crippen LogP contribution in [0.1, 0.15) is 0 Å². The molecule has 1 aliphatic heterocycles. The third-order valence-electron chi connectivity index (χ3n) is 1.67. The SMILES string of the molecule is C=Nc1ccc2c(c1)OCOC=N2. The predicted molar refractivity (Wildman–Crippen MR) is 50.4 cm³/mol. The first kappa shape index (κ1) is 7.79. The predicted octanol–water partition coefficient (Wildman–Crippen LogP) is 2.04. The Bertz CT molecular complexity index is 361. The van der Waals surface area contributed by atoms with Crippen LogP contribution in [0.4, 0.5) is 11.4 Å². The fourth-order valence-corrected chi connectivity index (χ4v) is 1.05. The fraction of sp³-hybridized carbons (Fsp3) is 0.111. The minimum absolute atomic E-state index is 0.178. The van der Waals surface area contributed by atoms with Crippen LogP contribution in [0.15, 0.2) is 28.2 Å². The molecule has 0 aliphatic carbocycles. The number of nitrogens with zero attached hydrogens (tertiary/aromatic N) is 2.